The molecule has 1 N–H and O–H groups in total. The third-order valence-electron chi connectivity index (χ3n) is 4.17. The van der Waals surface area contributed by atoms with E-state index in [-0.39, 0.29) is 0 Å². The molecule has 0 radical (unpaired) electrons. The van der Waals surface area contributed by atoms with E-state index in [0.29, 0.717) is 29.1 Å². The number of nitrogens with zero attached hydrogens (tertiary/aromatic N) is 5. The van der Waals surface area contributed by atoms with Gasteiger partial charge in [0.15, 0.2) is 0 Å². The van der Waals surface area contributed by atoms with Gasteiger partial charge in [0.05, 0.1) is 17.8 Å². The van der Waals surface area contributed by atoms with Gasteiger partial charge in [-0.2, -0.15) is 13.2 Å². The number of aromatic nitrogens is 6. The summed E-state index contributed by atoms with van der Waals surface area (Å²) in [4.78, 5) is 11.5. The standard InChI is InChI=1S/C17H13F3N6/c1-10-14(15-13-6-7-21-16(13)23-9-22-15)24-25-26(10)8-11-2-4-12(5-3-11)17(18,19)20/h2-7,9H,8H2,1H3,(H,21,22,23). The number of nitrogens with one attached hydrogen (secondary N) is 1. The molecule has 0 bridgehead atoms. The number of aromatic amines is 1. The van der Waals surface area contributed by atoms with E-state index in [0.717, 1.165) is 23.2 Å². The molecular weight excluding hydrogens is 345 g/mol. The van der Waals surface area contributed by atoms with E-state index in [2.05, 4.69) is 25.3 Å². The van der Waals surface area contributed by atoms with Gasteiger partial charge >= 0.3 is 6.18 Å². The van der Waals surface area contributed by atoms with Gasteiger partial charge in [0.1, 0.15) is 23.4 Å². The third-order valence-corrected chi connectivity index (χ3v) is 4.17. The highest BCUT2D eigenvalue weighted by Gasteiger charge is 2.30. The van der Waals surface area contributed by atoms with Crippen molar-refractivity contribution in [1.82, 2.24) is 29.9 Å². The quantitative estimate of drug-likeness (QED) is 0.607. The predicted octanol–water partition coefficient (Wildman–Crippen LogP) is 3.59. The molecular formula is C17H13F3N6. The molecule has 9 heteroatoms. The van der Waals surface area contributed by atoms with Crippen LogP contribution in [-0.4, -0.2) is 29.9 Å². The second kappa shape index (κ2) is 5.94. The third kappa shape index (κ3) is 2.81. The van der Waals surface area contributed by atoms with Crippen LogP contribution in [0, 0.1) is 6.92 Å². The summed E-state index contributed by atoms with van der Waals surface area (Å²) in [5.41, 5.74) is 2.77. The predicted molar refractivity (Wildman–Crippen MR) is 88.2 cm³/mol. The zero-order valence-corrected chi connectivity index (χ0v) is 13.6. The summed E-state index contributed by atoms with van der Waals surface area (Å²) in [7, 11) is 0. The zero-order valence-electron chi connectivity index (χ0n) is 13.6. The van der Waals surface area contributed by atoms with E-state index >= 15 is 0 Å². The summed E-state index contributed by atoms with van der Waals surface area (Å²) in [6, 6.07) is 6.88. The van der Waals surface area contributed by atoms with Crippen molar-refractivity contribution < 1.29 is 13.2 Å². The highest BCUT2D eigenvalue weighted by Crippen LogP contribution is 2.29. The highest BCUT2D eigenvalue weighted by atomic mass is 19.4. The molecule has 3 heterocycles. The van der Waals surface area contributed by atoms with Crippen LogP contribution in [-0.2, 0) is 12.7 Å². The number of halogens is 3. The van der Waals surface area contributed by atoms with Crippen molar-refractivity contribution in [2.45, 2.75) is 19.6 Å². The van der Waals surface area contributed by atoms with Gasteiger partial charge in [-0.3, -0.25) is 0 Å². The summed E-state index contributed by atoms with van der Waals surface area (Å²) < 4.78 is 39.6. The monoisotopic (exact) mass is 358 g/mol. The molecule has 3 aromatic heterocycles. The normalized spacial score (nSPS) is 12.0. The van der Waals surface area contributed by atoms with Crippen LogP contribution < -0.4 is 0 Å². The molecule has 0 aliphatic carbocycles. The van der Waals surface area contributed by atoms with Crippen molar-refractivity contribution in [3.63, 3.8) is 0 Å². The second-order valence-corrected chi connectivity index (χ2v) is 5.84. The molecule has 132 valence electrons. The van der Waals surface area contributed by atoms with E-state index in [1.165, 1.54) is 18.5 Å². The Kier molecular flexibility index (Phi) is 3.71. The average Bonchev–Trinajstić information content (AvgIpc) is 3.22. The minimum absolute atomic E-state index is 0.318. The molecule has 0 saturated heterocycles. The topological polar surface area (TPSA) is 72.3 Å². The molecule has 4 aromatic rings. The van der Waals surface area contributed by atoms with Crippen LogP contribution in [0.2, 0.25) is 0 Å². The van der Waals surface area contributed by atoms with Crippen LogP contribution in [0.4, 0.5) is 13.2 Å². The number of hydrogen-bond acceptors (Lipinski definition) is 4. The molecule has 0 spiro atoms. The Morgan fingerprint density at radius 2 is 1.81 bits per heavy atom. The minimum atomic E-state index is -4.34. The van der Waals surface area contributed by atoms with Gasteiger partial charge in [0.25, 0.3) is 0 Å². The fourth-order valence-corrected chi connectivity index (χ4v) is 2.76. The average molecular weight is 358 g/mol. The van der Waals surface area contributed by atoms with Gasteiger partial charge < -0.3 is 4.98 Å². The van der Waals surface area contributed by atoms with E-state index in [1.807, 2.05) is 13.0 Å². The maximum atomic E-state index is 12.7. The van der Waals surface area contributed by atoms with Crippen molar-refractivity contribution >= 4 is 11.0 Å². The molecule has 0 saturated carbocycles. The van der Waals surface area contributed by atoms with Crippen LogP contribution in [0.3, 0.4) is 0 Å². The van der Waals surface area contributed by atoms with Crippen molar-refractivity contribution in [1.29, 1.82) is 0 Å². The molecule has 6 nitrogen and oxygen atoms in total. The van der Waals surface area contributed by atoms with Crippen LogP contribution in [0.15, 0.2) is 42.9 Å². The Morgan fingerprint density at radius 1 is 1.04 bits per heavy atom. The lowest BCUT2D eigenvalue weighted by Gasteiger charge is -2.08. The van der Waals surface area contributed by atoms with E-state index < -0.39 is 11.7 Å². The van der Waals surface area contributed by atoms with E-state index in [1.54, 1.807) is 10.9 Å². The molecule has 4 rings (SSSR count). The van der Waals surface area contributed by atoms with E-state index in [9.17, 15) is 13.2 Å². The number of alkyl halides is 3. The second-order valence-electron chi connectivity index (χ2n) is 5.84. The summed E-state index contributed by atoms with van der Waals surface area (Å²) in [5, 5.41) is 9.15. The maximum absolute atomic E-state index is 12.7. The Bertz CT molecular complexity index is 1060. The Balaban J connectivity index is 1.65. The lowest BCUT2D eigenvalue weighted by atomic mass is 10.1. The smallest absolute Gasteiger partial charge is 0.346 e. The number of hydrogen-bond donors (Lipinski definition) is 1. The van der Waals surface area contributed by atoms with Crippen molar-refractivity contribution in [3.05, 3.63) is 59.7 Å². The Morgan fingerprint density at radius 3 is 2.54 bits per heavy atom. The number of fused-ring (bicyclic) bond motifs is 1. The first-order valence-electron chi connectivity index (χ1n) is 7.78. The molecule has 0 amide bonds. The lowest BCUT2D eigenvalue weighted by molar-refractivity contribution is -0.137. The Hall–Kier alpha value is -3.23. The Labute approximate surface area is 145 Å². The lowest BCUT2D eigenvalue weighted by Crippen LogP contribution is -2.07. The number of H-pyrrole nitrogens is 1. The van der Waals surface area contributed by atoms with Gasteiger partial charge in [-0.15, -0.1) is 5.10 Å². The van der Waals surface area contributed by atoms with Crippen LogP contribution in [0.25, 0.3) is 22.4 Å². The summed E-state index contributed by atoms with van der Waals surface area (Å²) in [5.74, 6) is 0. The molecule has 0 fully saturated rings. The maximum Gasteiger partial charge on any atom is 0.416 e. The minimum Gasteiger partial charge on any atom is -0.346 e. The van der Waals surface area contributed by atoms with E-state index in [4.69, 9.17) is 0 Å². The zero-order chi connectivity index (χ0) is 18.3. The number of benzene rings is 1. The van der Waals surface area contributed by atoms with Gasteiger partial charge in [0, 0.05) is 11.6 Å². The molecule has 0 atom stereocenters. The first-order chi connectivity index (χ1) is 12.4. The summed E-state index contributed by atoms with van der Waals surface area (Å²) in [6.07, 6.45) is -1.13. The molecule has 26 heavy (non-hydrogen) atoms. The molecule has 0 aliphatic heterocycles. The van der Waals surface area contributed by atoms with Crippen molar-refractivity contribution in [2.24, 2.45) is 0 Å². The highest BCUT2D eigenvalue weighted by molar-refractivity contribution is 5.89. The number of rotatable bonds is 3. The molecule has 0 unspecified atom stereocenters. The van der Waals surface area contributed by atoms with Crippen molar-refractivity contribution in [2.75, 3.05) is 0 Å². The van der Waals surface area contributed by atoms with Crippen LogP contribution in [0.1, 0.15) is 16.8 Å². The van der Waals surface area contributed by atoms with Gasteiger partial charge in [-0.1, -0.05) is 17.3 Å². The fraction of sp³-hybridized carbons (Fsp3) is 0.176. The molecule has 1 aromatic carbocycles. The SMILES string of the molecule is Cc1c(-c2ncnc3[nH]ccc23)nnn1Cc1ccc(C(F)(F)F)cc1. The van der Waals surface area contributed by atoms with Gasteiger partial charge in [-0.25, -0.2) is 14.6 Å². The van der Waals surface area contributed by atoms with Crippen LogP contribution >= 0.6 is 0 Å². The van der Waals surface area contributed by atoms with Crippen molar-refractivity contribution in [3.8, 4) is 11.4 Å². The van der Waals surface area contributed by atoms with Crippen LogP contribution in [0.5, 0.6) is 0 Å². The largest absolute Gasteiger partial charge is 0.416 e. The summed E-state index contributed by atoms with van der Waals surface area (Å²) >= 11 is 0. The first-order valence-corrected chi connectivity index (χ1v) is 7.78. The fourth-order valence-electron chi connectivity index (χ4n) is 2.76. The van der Waals surface area contributed by atoms with Gasteiger partial charge in [-0.05, 0) is 30.7 Å². The molecule has 0 aliphatic rings. The summed E-state index contributed by atoms with van der Waals surface area (Å²) in [6.45, 7) is 2.17. The first kappa shape index (κ1) is 16.2. The van der Waals surface area contributed by atoms with Gasteiger partial charge in [0.2, 0.25) is 0 Å².